The second-order valence-electron chi connectivity index (χ2n) is 10.7. The molecule has 0 saturated heterocycles. The number of anilines is 1. The average Bonchev–Trinajstić information content (AvgIpc) is 3.27. The molecule has 216 valence electrons. The van der Waals surface area contributed by atoms with Crippen LogP contribution in [0.3, 0.4) is 0 Å². The number of nitrogens with zero attached hydrogens (tertiary/aromatic N) is 2. The molecule has 42 heavy (non-hydrogen) atoms. The fourth-order valence-electron chi connectivity index (χ4n) is 5.63. The van der Waals surface area contributed by atoms with E-state index in [1.165, 1.54) is 0 Å². The molecule has 1 aliphatic heterocycles. The summed E-state index contributed by atoms with van der Waals surface area (Å²) < 4.78 is 0. The predicted molar refractivity (Wildman–Crippen MR) is 169 cm³/mol. The molecule has 0 spiro atoms. The van der Waals surface area contributed by atoms with Crippen LogP contribution >= 0.6 is 11.6 Å². The fraction of sp³-hybridized carbons (Fsp3) is 0.286. The molecule has 4 aromatic rings. The molecule has 0 aromatic heterocycles. The van der Waals surface area contributed by atoms with E-state index in [-0.39, 0.29) is 30.7 Å². The van der Waals surface area contributed by atoms with Crippen LogP contribution in [0.15, 0.2) is 91.0 Å². The van der Waals surface area contributed by atoms with Crippen LogP contribution in [-0.4, -0.2) is 41.8 Å². The standard InChI is InChI=1S/C35H36ClN3O3/c1-2-3-20-37-34(41)31(23-25-11-5-4-6-12-25)39(24-26-13-7-16-28(36)22-26)32(40)19-10-21-38-30-18-9-15-27-14-8-17-29(33(27)30)35(38)42/h4-9,11-18,22,31H,2-3,10,19-21,23-24H2,1H3,(H,37,41)/t31-/m1/s1. The maximum atomic E-state index is 14.0. The van der Waals surface area contributed by atoms with Crippen molar-refractivity contribution in [1.29, 1.82) is 0 Å². The van der Waals surface area contributed by atoms with E-state index in [0.29, 0.717) is 36.5 Å². The highest BCUT2D eigenvalue weighted by Gasteiger charge is 2.32. The van der Waals surface area contributed by atoms with Gasteiger partial charge in [-0.05, 0) is 53.6 Å². The lowest BCUT2D eigenvalue weighted by molar-refractivity contribution is -0.141. The van der Waals surface area contributed by atoms with Crippen LogP contribution in [0.1, 0.15) is 54.1 Å². The first kappa shape index (κ1) is 29.3. The lowest BCUT2D eigenvalue weighted by atomic mass is 10.0. The Hall–Kier alpha value is -4.16. The van der Waals surface area contributed by atoms with E-state index in [4.69, 9.17) is 11.6 Å². The van der Waals surface area contributed by atoms with Crippen molar-refractivity contribution in [2.75, 3.05) is 18.0 Å². The quantitative estimate of drug-likeness (QED) is 0.177. The molecule has 5 rings (SSSR count). The maximum absolute atomic E-state index is 14.0. The van der Waals surface area contributed by atoms with Gasteiger partial charge in [0.25, 0.3) is 5.91 Å². The number of carbonyl (C=O) groups excluding carboxylic acids is 3. The molecule has 6 nitrogen and oxygen atoms in total. The number of benzene rings is 4. The first-order valence-corrected chi connectivity index (χ1v) is 15.0. The Bertz CT molecular complexity index is 1570. The van der Waals surface area contributed by atoms with Crippen LogP contribution in [0.5, 0.6) is 0 Å². The molecule has 7 heteroatoms. The Kier molecular flexibility index (Phi) is 9.55. The summed E-state index contributed by atoms with van der Waals surface area (Å²) >= 11 is 6.29. The molecule has 0 saturated carbocycles. The van der Waals surface area contributed by atoms with Crippen molar-refractivity contribution in [1.82, 2.24) is 10.2 Å². The van der Waals surface area contributed by atoms with E-state index in [9.17, 15) is 14.4 Å². The minimum Gasteiger partial charge on any atom is -0.354 e. The van der Waals surface area contributed by atoms with Crippen LogP contribution in [0.2, 0.25) is 5.02 Å². The predicted octanol–water partition coefficient (Wildman–Crippen LogP) is 6.79. The molecule has 1 aliphatic rings. The lowest BCUT2D eigenvalue weighted by Gasteiger charge is -2.32. The molecule has 3 amide bonds. The highest BCUT2D eigenvalue weighted by molar-refractivity contribution is 6.30. The first-order chi connectivity index (χ1) is 20.5. The van der Waals surface area contributed by atoms with E-state index in [0.717, 1.165) is 40.4 Å². The van der Waals surface area contributed by atoms with Crippen LogP contribution in [0, 0.1) is 0 Å². The van der Waals surface area contributed by atoms with Gasteiger partial charge in [0, 0.05) is 48.4 Å². The summed E-state index contributed by atoms with van der Waals surface area (Å²) in [5.74, 6) is -0.342. The van der Waals surface area contributed by atoms with Crippen molar-refractivity contribution in [3.63, 3.8) is 0 Å². The monoisotopic (exact) mass is 581 g/mol. The number of hydrogen-bond acceptors (Lipinski definition) is 3. The summed E-state index contributed by atoms with van der Waals surface area (Å²) in [6, 6.07) is 28.2. The van der Waals surface area contributed by atoms with Crippen molar-refractivity contribution < 1.29 is 14.4 Å². The van der Waals surface area contributed by atoms with Crippen LogP contribution in [0.4, 0.5) is 5.69 Å². The van der Waals surface area contributed by atoms with Gasteiger partial charge in [-0.3, -0.25) is 14.4 Å². The van der Waals surface area contributed by atoms with E-state index < -0.39 is 6.04 Å². The van der Waals surface area contributed by atoms with Crippen molar-refractivity contribution in [3.05, 3.63) is 113 Å². The fourth-order valence-corrected chi connectivity index (χ4v) is 5.84. The number of carbonyl (C=O) groups is 3. The zero-order chi connectivity index (χ0) is 29.5. The van der Waals surface area contributed by atoms with Gasteiger partial charge < -0.3 is 15.1 Å². The summed E-state index contributed by atoms with van der Waals surface area (Å²) in [7, 11) is 0. The summed E-state index contributed by atoms with van der Waals surface area (Å²) in [4.78, 5) is 44.3. The number of nitrogens with one attached hydrogen (secondary N) is 1. The molecule has 0 fully saturated rings. The second kappa shape index (κ2) is 13.7. The molecular formula is C35H36ClN3O3. The highest BCUT2D eigenvalue weighted by atomic mass is 35.5. The lowest BCUT2D eigenvalue weighted by Crippen LogP contribution is -2.50. The van der Waals surface area contributed by atoms with Gasteiger partial charge in [-0.2, -0.15) is 0 Å². The topological polar surface area (TPSA) is 69.7 Å². The Labute approximate surface area is 252 Å². The third-order valence-corrected chi connectivity index (χ3v) is 8.00. The molecule has 0 aliphatic carbocycles. The molecule has 0 radical (unpaired) electrons. The number of rotatable bonds is 13. The van der Waals surface area contributed by atoms with E-state index in [1.807, 2.05) is 84.9 Å². The van der Waals surface area contributed by atoms with E-state index in [2.05, 4.69) is 12.2 Å². The van der Waals surface area contributed by atoms with Crippen molar-refractivity contribution in [2.24, 2.45) is 0 Å². The molecule has 4 aromatic carbocycles. The number of unbranched alkanes of at least 4 members (excludes halogenated alkanes) is 1. The van der Waals surface area contributed by atoms with Gasteiger partial charge in [0.15, 0.2) is 0 Å². The van der Waals surface area contributed by atoms with Crippen LogP contribution in [-0.2, 0) is 22.6 Å². The van der Waals surface area contributed by atoms with Crippen LogP contribution in [0.25, 0.3) is 10.8 Å². The molecular weight excluding hydrogens is 546 g/mol. The van der Waals surface area contributed by atoms with Gasteiger partial charge >= 0.3 is 0 Å². The average molecular weight is 582 g/mol. The van der Waals surface area contributed by atoms with Crippen molar-refractivity contribution in [3.8, 4) is 0 Å². The summed E-state index contributed by atoms with van der Waals surface area (Å²) in [5.41, 5.74) is 3.41. The van der Waals surface area contributed by atoms with Crippen molar-refractivity contribution >= 4 is 45.8 Å². The van der Waals surface area contributed by atoms with Gasteiger partial charge in [-0.15, -0.1) is 0 Å². The van der Waals surface area contributed by atoms with Gasteiger partial charge in [-0.1, -0.05) is 91.7 Å². The Morgan fingerprint density at radius 1 is 0.905 bits per heavy atom. The zero-order valence-electron chi connectivity index (χ0n) is 23.9. The third-order valence-electron chi connectivity index (χ3n) is 7.76. The number of amides is 3. The van der Waals surface area contributed by atoms with Gasteiger partial charge in [-0.25, -0.2) is 0 Å². The molecule has 0 bridgehead atoms. The Morgan fingerprint density at radius 2 is 1.64 bits per heavy atom. The molecule has 1 atom stereocenters. The zero-order valence-corrected chi connectivity index (χ0v) is 24.6. The smallest absolute Gasteiger partial charge is 0.258 e. The largest absolute Gasteiger partial charge is 0.354 e. The summed E-state index contributed by atoms with van der Waals surface area (Å²) in [6.07, 6.45) is 2.89. The Morgan fingerprint density at radius 3 is 2.40 bits per heavy atom. The minimum atomic E-state index is -0.692. The van der Waals surface area contributed by atoms with Gasteiger partial charge in [0.05, 0.1) is 5.69 Å². The molecule has 0 unspecified atom stereocenters. The number of halogens is 1. The Balaban J connectivity index is 1.36. The minimum absolute atomic E-state index is 0.0395. The van der Waals surface area contributed by atoms with Crippen molar-refractivity contribution in [2.45, 2.75) is 51.6 Å². The summed E-state index contributed by atoms with van der Waals surface area (Å²) in [5, 5.41) is 5.62. The third kappa shape index (κ3) is 6.66. The summed E-state index contributed by atoms with van der Waals surface area (Å²) in [6.45, 7) is 3.30. The SMILES string of the molecule is CCCCNC(=O)[C@@H](Cc1ccccc1)N(Cc1cccc(Cl)c1)C(=O)CCCN1C(=O)c2cccc3cccc1c23. The van der Waals surface area contributed by atoms with Gasteiger partial charge in [0.1, 0.15) is 6.04 Å². The highest BCUT2D eigenvalue weighted by Crippen LogP contribution is 2.37. The van der Waals surface area contributed by atoms with E-state index >= 15 is 0 Å². The van der Waals surface area contributed by atoms with Crippen LogP contribution < -0.4 is 10.2 Å². The first-order valence-electron chi connectivity index (χ1n) is 14.7. The second-order valence-corrected chi connectivity index (χ2v) is 11.2. The number of hydrogen-bond donors (Lipinski definition) is 1. The maximum Gasteiger partial charge on any atom is 0.258 e. The van der Waals surface area contributed by atoms with E-state index in [1.54, 1.807) is 15.9 Å². The normalized spacial score (nSPS) is 12.9. The molecule has 1 N–H and O–H groups in total. The molecule has 1 heterocycles. The van der Waals surface area contributed by atoms with Gasteiger partial charge in [0.2, 0.25) is 11.8 Å².